The molecule has 0 saturated carbocycles. The van der Waals surface area contributed by atoms with Crippen molar-refractivity contribution in [1.82, 2.24) is 0 Å². The van der Waals surface area contributed by atoms with Crippen molar-refractivity contribution in [2.75, 3.05) is 6.61 Å². The summed E-state index contributed by atoms with van der Waals surface area (Å²) < 4.78 is 11.5. The van der Waals surface area contributed by atoms with Crippen molar-refractivity contribution in [3.8, 4) is 5.75 Å². The molecule has 0 aliphatic rings. The zero-order chi connectivity index (χ0) is 18.2. The SMILES string of the molecule is C/C(=C\COc1ccc([N+](=O)[O-])cc1)CCCC(C)(C)OC(C)C. The molecular formula is C19H29NO4. The Kier molecular flexibility index (Phi) is 7.92. The molecule has 0 aliphatic heterocycles. The predicted molar refractivity (Wildman–Crippen MR) is 96.5 cm³/mol. The summed E-state index contributed by atoms with van der Waals surface area (Å²) in [5.41, 5.74) is 1.25. The molecule has 134 valence electrons. The van der Waals surface area contributed by atoms with Crippen LogP contribution in [0.5, 0.6) is 5.75 Å². The van der Waals surface area contributed by atoms with E-state index < -0.39 is 4.92 Å². The van der Waals surface area contributed by atoms with E-state index >= 15 is 0 Å². The van der Waals surface area contributed by atoms with E-state index in [-0.39, 0.29) is 17.4 Å². The van der Waals surface area contributed by atoms with Crippen LogP contribution < -0.4 is 4.74 Å². The first kappa shape index (κ1) is 20.2. The summed E-state index contributed by atoms with van der Waals surface area (Å²) in [5, 5.41) is 10.6. The zero-order valence-electron chi connectivity index (χ0n) is 15.4. The van der Waals surface area contributed by atoms with Crippen LogP contribution in [0.2, 0.25) is 0 Å². The molecule has 0 saturated heterocycles. The van der Waals surface area contributed by atoms with E-state index in [1.807, 2.05) is 0 Å². The lowest BCUT2D eigenvalue weighted by Gasteiger charge is -2.27. The quantitative estimate of drug-likeness (QED) is 0.331. The van der Waals surface area contributed by atoms with Crippen LogP contribution in [0.15, 0.2) is 35.9 Å². The predicted octanol–water partition coefficient (Wildman–Crippen LogP) is 5.29. The summed E-state index contributed by atoms with van der Waals surface area (Å²) in [4.78, 5) is 10.2. The van der Waals surface area contributed by atoms with Crippen LogP contribution in [0.4, 0.5) is 5.69 Å². The molecule has 5 heteroatoms. The molecule has 0 aromatic heterocycles. The Balaban J connectivity index is 2.33. The van der Waals surface area contributed by atoms with Crippen molar-refractivity contribution in [2.24, 2.45) is 0 Å². The molecule has 1 aromatic carbocycles. The van der Waals surface area contributed by atoms with Gasteiger partial charge in [0.15, 0.2) is 0 Å². The Hall–Kier alpha value is -1.88. The molecule has 0 fully saturated rings. The van der Waals surface area contributed by atoms with Gasteiger partial charge in [0, 0.05) is 12.1 Å². The van der Waals surface area contributed by atoms with Gasteiger partial charge in [-0.25, -0.2) is 0 Å². The van der Waals surface area contributed by atoms with E-state index in [4.69, 9.17) is 9.47 Å². The van der Waals surface area contributed by atoms with E-state index in [9.17, 15) is 10.1 Å². The van der Waals surface area contributed by atoms with Gasteiger partial charge in [0.1, 0.15) is 12.4 Å². The van der Waals surface area contributed by atoms with Gasteiger partial charge in [-0.3, -0.25) is 10.1 Å². The highest BCUT2D eigenvalue weighted by Gasteiger charge is 2.19. The molecule has 0 atom stereocenters. The molecule has 0 aliphatic carbocycles. The minimum absolute atomic E-state index is 0.0697. The van der Waals surface area contributed by atoms with Gasteiger partial charge in [0.05, 0.1) is 16.6 Å². The Labute approximate surface area is 144 Å². The second-order valence-electron chi connectivity index (χ2n) is 6.89. The molecule has 0 unspecified atom stereocenters. The third-order valence-corrected chi connectivity index (χ3v) is 3.63. The fourth-order valence-electron chi connectivity index (χ4n) is 2.54. The van der Waals surface area contributed by atoms with Crippen LogP contribution in [0.3, 0.4) is 0 Å². The van der Waals surface area contributed by atoms with Crippen LogP contribution in [-0.2, 0) is 4.74 Å². The standard InChI is InChI=1S/C19H29NO4/c1-15(2)24-19(4,5)13-6-7-16(3)12-14-23-18-10-8-17(9-11-18)20(21)22/h8-12,15H,6-7,13-14H2,1-5H3/b16-12+. The van der Waals surface area contributed by atoms with Gasteiger partial charge in [0.25, 0.3) is 5.69 Å². The number of hydrogen-bond acceptors (Lipinski definition) is 4. The summed E-state index contributed by atoms with van der Waals surface area (Å²) in [5.74, 6) is 0.635. The summed E-state index contributed by atoms with van der Waals surface area (Å²) >= 11 is 0. The fraction of sp³-hybridized carbons (Fsp3) is 0.579. The van der Waals surface area contributed by atoms with Crippen LogP contribution in [0.1, 0.15) is 53.9 Å². The molecule has 24 heavy (non-hydrogen) atoms. The number of ether oxygens (including phenoxy) is 2. The van der Waals surface area contributed by atoms with Gasteiger partial charge >= 0.3 is 0 Å². The molecule has 0 radical (unpaired) electrons. The van der Waals surface area contributed by atoms with E-state index in [1.165, 1.54) is 17.7 Å². The lowest BCUT2D eigenvalue weighted by Crippen LogP contribution is -2.27. The highest BCUT2D eigenvalue weighted by molar-refractivity contribution is 5.36. The van der Waals surface area contributed by atoms with Crippen molar-refractivity contribution in [1.29, 1.82) is 0 Å². The number of benzene rings is 1. The topological polar surface area (TPSA) is 61.6 Å². The highest BCUT2D eigenvalue weighted by Crippen LogP contribution is 2.21. The Bertz CT molecular complexity index is 547. The number of allylic oxidation sites excluding steroid dienone is 1. The monoisotopic (exact) mass is 335 g/mol. The molecule has 1 rings (SSSR count). The number of nitrogens with zero attached hydrogens (tertiary/aromatic N) is 1. The molecule has 0 heterocycles. The molecule has 5 nitrogen and oxygen atoms in total. The van der Waals surface area contributed by atoms with E-state index in [2.05, 4.69) is 40.7 Å². The van der Waals surface area contributed by atoms with Crippen LogP contribution in [0, 0.1) is 10.1 Å². The van der Waals surface area contributed by atoms with E-state index in [0.717, 1.165) is 19.3 Å². The maximum Gasteiger partial charge on any atom is 0.269 e. The molecular weight excluding hydrogens is 306 g/mol. The Morgan fingerprint density at radius 1 is 1.29 bits per heavy atom. The number of non-ortho nitro benzene ring substituents is 1. The van der Waals surface area contributed by atoms with Gasteiger partial charge in [0.2, 0.25) is 0 Å². The van der Waals surface area contributed by atoms with Crippen molar-refractivity contribution < 1.29 is 14.4 Å². The lowest BCUT2D eigenvalue weighted by molar-refractivity contribution is -0.384. The minimum Gasteiger partial charge on any atom is -0.490 e. The average Bonchev–Trinajstić information content (AvgIpc) is 2.46. The summed E-state index contributed by atoms with van der Waals surface area (Å²) in [6.45, 7) is 10.9. The summed E-state index contributed by atoms with van der Waals surface area (Å²) in [7, 11) is 0. The summed E-state index contributed by atoms with van der Waals surface area (Å²) in [6.07, 6.45) is 5.39. The zero-order valence-corrected chi connectivity index (χ0v) is 15.4. The third-order valence-electron chi connectivity index (χ3n) is 3.63. The van der Waals surface area contributed by atoms with Gasteiger partial charge in [-0.1, -0.05) is 5.57 Å². The maximum atomic E-state index is 10.6. The van der Waals surface area contributed by atoms with Crippen molar-refractivity contribution >= 4 is 5.69 Å². The molecule has 0 N–H and O–H groups in total. The van der Waals surface area contributed by atoms with Crippen molar-refractivity contribution in [3.63, 3.8) is 0 Å². The fourth-order valence-corrected chi connectivity index (χ4v) is 2.54. The van der Waals surface area contributed by atoms with Gasteiger partial charge in [-0.05, 0) is 72.1 Å². The van der Waals surface area contributed by atoms with Crippen LogP contribution in [-0.4, -0.2) is 23.2 Å². The number of nitro benzene ring substituents is 1. The smallest absolute Gasteiger partial charge is 0.269 e. The first-order valence-corrected chi connectivity index (χ1v) is 8.40. The third kappa shape index (κ3) is 8.11. The highest BCUT2D eigenvalue weighted by atomic mass is 16.6. The number of rotatable bonds is 10. The summed E-state index contributed by atoms with van der Waals surface area (Å²) in [6, 6.07) is 6.13. The maximum absolute atomic E-state index is 10.6. The van der Waals surface area contributed by atoms with Crippen LogP contribution >= 0.6 is 0 Å². The molecule has 0 amide bonds. The average molecular weight is 335 g/mol. The molecule has 0 bridgehead atoms. The van der Waals surface area contributed by atoms with Gasteiger partial charge < -0.3 is 9.47 Å². The molecule has 0 spiro atoms. The minimum atomic E-state index is -0.418. The number of hydrogen-bond donors (Lipinski definition) is 0. The normalized spacial score (nSPS) is 12.5. The van der Waals surface area contributed by atoms with Gasteiger partial charge in [-0.15, -0.1) is 0 Å². The second-order valence-corrected chi connectivity index (χ2v) is 6.89. The largest absolute Gasteiger partial charge is 0.490 e. The van der Waals surface area contributed by atoms with Crippen LogP contribution in [0.25, 0.3) is 0 Å². The van der Waals surface area contributed by atoms with Crippen molar-refractivity contribution in [3.05, 3.63) is 46.0 Å². The van der Waals surface area contributed by atoms with Gasteiger partial charge in [-0.2, -0.15) is 0 Å². The first-order valence-electron chi connectivity index (χ1n) is 8.40. The Morgan fingerprint density at radius 3 is 2.46 bits per heavy atom. The number of nitro groups is 1. The molecule has 1 aromatic rings. The first-order chi connectivity index (χ1) is 11.2. The Morgan fingerprint density at radius 2 is 1.92 bits per heavy atom. The van der Waals surface area contributed by atoms with Crippen molar-refractivity contribution in [2.45, 2.75) is 65.6 Å². The lowest BCUT2D eigenvalue weighted by atomic mass is 9.98. The van der Waals surface area contributed by atoms with E-state index in [1.54, 1.807) is 12.1 Å². The second kappa shape index (κ2) is 9.42. The van der Waals surface area contributed by atoms with E-state index in [0.29, 0.717) is 12.4 Å².